The van der Waals surface area contributed by atoms with E-state index in [1.165, 1.54) is 11.3 Å². The number of aromatic nitrogens is 1. The topological polar surface area (TPSA) is 80.0 Å². The van der Waals surface area contributed by atoms with Crippen LogP contribution in [-0.2, 0) is 0 Å². The quantitative estimate of drug-likeness (QED) is 0.226. The Kier molecular flexibility index (Phi) is 6.51. The van der Waals surface area contributed by atoms with Gasteiger partial charge in [-0.25, -0.2) is 9.78 Å². The molecule has 0 spiro atoms. The summed E-state index contributed by atoms with van der Waals surface area (Å²) in [7, 11) is 1.63. The maximum Gasteiger partial charge on any atom is 0.345 e. The number of nitrogens with zero attached hydrogens (tertiary/aromatic N) is 3. The molecule has 0 saturated heterocycles. The Balaban J connectivity index is 1.53. The summed E-state index contributed by atoms with van der Waals surface area (Å²) in [6, 6.07) is 15.3. The number of benzene rings is 2. The number of hydrogen-bond acceptors (Lipinski definition) is 8. The van der Waals surface area contributed by atoms with Gasteiger partial charge in [0.05, 0.1) is 24.6 Å². The maximum absolute atomic E-state index is 12.6. The van der Waals surface area contributed by atoms with Gasteiger partial charge < -0.3 is 14.1 Å². The fourth-order valence-corrected chi connectivity index (χ4v) is 4.02. The Labute approximate surface area is 190 Å². The first-order valence-electron chi connectivity index (χ1n) is 10.3. The van der Waals surface area contributed by atoms with E-state index in [2.05, 4.69) is 34.3 Å². The van der Waals surface area contributed by atoms with Crippen LogP contribution in [0.2, 0.25) is 0 Å². The predicted octanol–water partition coefficient (Wildman–Crippen LogP) is 5.22. The van der Waals surface area contributed by atoms with Gasteiger partial charge in [-0.1, -0.05) is 0 Å². The number of nitrogens with one attached hydrogen (secondary N) is 1. The SMILES string of the molecule is CCN(CC)c1ccc2cc(-c3csc(NN=Cc4ccc(OC)cc4)n3)c(=O)oc2c1. The van der Waals surface area contributed by atoms with Gasteiger partial charge in [0.15, 0.2) is 0 Å². The number of fused-ring (bicyclic) bond motifs is 1. The average molecular weight is 449 g/mol. The molecule has 0 fully saturated rings. The molecule has 0 amide bonds. The second-order valence-corrected chi connectivity index (χ2v) is 7.88. The van der Waals surface area contributed by atoms with Crippen LogP contribution >= 0.6 is 11.3 Å². The van der Waals surface area contributed by atoms with Crippen molar-refractivity contribution in [2.45, 2.75) is 13.8 Å². The molecule has 0 bridgehead atoms. The van der Waals surface area contributed by atoms with Crippen LogP contribution in [0.15, 0.2) is 68.2 Å². The lowest BCUT2D eigenvalue weighted by molar-refractivity contribution is 0.415. The fourth-order valence-electron chi connectivity index (χ4n) is 3.36. The Morgan fingerprint density at radius 1 is 1.16 bits per heavy atom. The van der Waals surface area contributed by atoms with Gasteiger partial charge in [0.1, 0.15) is 11.3 Å². The molecule has 32 heavy (non-hydrogen) atoms. The predicted molar refractivity (Wildman–Crippen MR) is 131 cm³/mol. The van der Waals surface area contributed by atoms with Crippen molar-refractivity contribution < 1.29 is 9.15 Å². The number of anilines is 2. The zero-order valence-corrected chi connectivity index (χ0v) is 19.0. The van der Waals surface area contributed by atoms with Crippen molar-refractivity contribution >= 4 is 39.3 Å². The summed E-state index contributed by atoms with van der Waals surface area (Å²) in [4.78, 5) is 19.3. The summed E-state index contributed by atoms with van der Waals surface area (Å²) >= 11 is 1.37. The summed E-state index contributed by atoms with van der Waals surface area (Å²) in [5, 5.41) is 7.47. The number of hydrazone groups is 1. The summed E-state index contributed by atoms with van der Waals surface area (Å²) in [5.41, 5.74) is 6.01. The van der Waals surface area contributed by atoms with Crippen molar-refractivity contribution in [2.75, 3.05) is 30.5 Å². The average Bonchev–Trinajstić information content (AvgIpc) is 3.28. The van der Waals surface area contributed by atoms with Gasteiger partial charge in [0, 0.05) is 35.6 Å². The number of thiazole rings is 1. The van der Waals surface area contributed by atoms with Crippen molar-refractivity contribution in [2.24, 2.45) is 5.10 Å². The van der Waals surface area contributed by atoms with Gasteiger partial charge in [0.25, 0.3) is 0 Å². The molecule has 4 aromatic rings. The van der Waals surface area contributed by atoms with Gasteiger partial charge in [0.2, 0.25) is 5.13 Å². The molecule has 0 aliphatic carbocycles. The molecule has 0 atom stereocenters. The molecule has 164 valence electrons. The van der Waals surface area contributed by atoms with Crippen LogP contribution in [0.5, 0.6) is 5.75 Å². The van der Waals surface area contributed by atoms with E-state index in [4.69, 9.17) is 9.15 Å². The molecule has 0 aliphatic rings. The molecule has 0 aliphatic heterocycles. The first-order valence-corrected chi connectivity index (χ1v) is 11.2. The third-order valence-electron chi connectivity index (χ3n) is 5.12. The fraction of sp³-hybridized carbons (Fsp3) is 0.208. The zero-order valence-electron chi connectivity index (χ0n) is 18.2. The molecule has 2 aromatic heterocycles. The lowest BCUT2D eigenvalue weighted by Gasteiger charge is -2.20. The third-order valence-corrected chi connectivity index (χ3v) is 5.86. The van der Waals surface area contributed by atoms with Crippen LogP contribution in [0.4, 0.5) is 10.8 Å². The molecular weight excluding hydrogens is 424 g/mol. The van der Waals surface area contributed by atoms with Gasteiger partial charge in [-0.05, 0) is 61.9 Å². The lowest BCUT2D eigenvalue weighted by Crippen LogP contribution is -2.21. The van der Waals surface area contributed by atoms with Crippen LogP contribution in [0.25, 0.3) is 22.2 Å². The second kappa shape index (κ2) is 9.65. The van der Waals surface area contributed by atoms with E-state index in [9.17, 15) is 4.79 Å². The maximum atomic E-state index is 12.6. The molecule has 2 aromatic carbocycles. The van der Waals surface area contributed by atoms with E-state index in [-0.39, 0.29) is 0 Å². The normalized spacial score (nSPS) is 11.2. The molecule has 7 nitrogen and oxygen atoms in total. The Morgan fingerprint density at radius 3 is 2.66 bits per heavy atom. The highest BCUT2D eigenvalue weighted by Crippen LogP contribution is 2.27. The monoisotopic (exact) mass is 448 g/mol. The number of ether oxygens (including phenoxy) is 1. The van der Waals surface area contributed by atoms with Crippen LogP contribution in [0, 0.1) is 0 Å². The van der Waals surface area contributed by atoms with E-state index < -0.39 is 5.63 Å². The highest BCUT2D eigenvalue weighted by Gasteiger charge is 2.13. The number of rotatable bonds is 8. The Bertz CT molecular complexity index is 1290. The van der Waals surface area contributed by atoms with Gasteiger partial charge >= 0.3 is 5.63 Å². The molecule has 0 unspecified atom stereocenters. The zero-order chi connectivity index (χ0) is 22.5. The number of hydrogen-bond donors (Lipinski definition) is 1. The molecule has 1 N–H and O–H groups in total. The first kappa shape index (κ1) is 21.6. The van der Waals surface area contributed by atoms with Crippen molar-refractivity contribution in [3.8, 4) is 17.0 Å². The van der Waals surface area contributed by atoms with Crippen LogP contribution in [0.1, 0.15) is 19.4 Å². The van der Waals surface area contributed by atoms with E-state index in [0.717, 1.165) is 35.5 Å². The Morgan fingerprint density at radius 2 is 1.94 bits per heavy atom. The van der Waals surface area contributed by atoms with Crippen molar-refractivity contribution in [3.63, 3.8) is 0 Å². The molecule has 0 radical (unpaired) electrons. The van der Waals surface area contributed by atoms with Crippen molar-refractivity contribution in [1.82, 2.24) is 4.98 Å². The minimum atomic E-state index is -0.409. The summed E-state index contributed by atoms with van der Waals surface area (Å²) in [6.07, 6.45) is 1.69. The Hall–Kier alpha value is -3.65. The minimum absolute atomic E-state index is 0.409. The summed E-state index contributed by atoms with van der Waals surface area (Å²) < 4.78 is 10.8. The number of methoxy groups -OCH3 is 1. The van der Waals surface area contributed by atoms with Crippen LogP contribution in [-0.4, -0.2) is 31.4 Å². The molecule has 4 rings (SSSR count). The van der Waals surface area contributed by atoms with Gasteiger partial charge in [-0.15, -0.1) is 11.3 Å². The molecule has 8 heteroatoms. The highest BCUT2D eigenvalue weighted by molar-refractivity contribution is 7.14. The third kappa shape index (κ3) is 4.65. The molecular formula is C24H24N4O3S. The summed E-state index contributed by atoms with van der Waals surface area (Å²) in [6.45, 7) is 5.98. The smallest absolute Gasteiger partial charge is 0.345 e. The first-order chi connectivity index (χ1) is 15.6. The minimum Gasteiger partial charge on any atom is -0.497 e. The van der Waals surface area contributed by atoms with E-state index in [1.807, 2.05) is 53.9 Å². The van der Waals surface area contributed by atoms with Crippen molar-refractivity contribution in [3.05, 3.63) is 69.9 Å². The highest BCUT2D eigenvalue weighted by atomic mass is 32.1. The van der Waals surface area contributed by atoms with E-state index in [0.29, 0.717) is 22.0 Å². The summed E-state index contributed by atoms with van der Waals surface area (Å²) in [5.74, 6) is 0.790. The van der Waals surface area contributed by atoms with Crippen LogP contribution in [0.3, 0.4) is 0 Å². The van der Waals surface area contributed by atoms with Gasteiger partial charge in [-0.3, -0.25) is 5.43 Å². The largest absolute Gasteiger partial charge is 0.497 e. The van der Waals surface area contributed by atoms with Gasteiger partial charge in [-0.2, -0.15) is 5.10 Å². The van der Waals surface area contributed by atoms with Crippen molar-refractivity contribution in [1.29, 1.82) is 0 Å². The lowest BCUT2D eigenvalue weighted by atomic mass is 10.1. The molecule has 2 heterocycles. The second-order valence-electron chi connectivity index (χ2n) is 7.02. The molecule has 0 saturated carbocycles. The van der Waals surface area contributed by atoms with E-state index in [1.54, 1.807) is 13.3 Å². The standard InChI is InChI=1S/C24H24N4O3S/c1-4-28(5-2)18-9-8-17-12-20(23(29)31-22(17)13-18)21-15-32-24(26-21)27-25-14-16-6-10-19(30-3)11-7-16/h6-15H,4-5H2,1-3H3,(H,26,27). The van der Waals surface area contributed by atoms with E-state index >= 15 is 0 Å². The van der Waals surface area contributed by atoms with Crippen LogP contribution < -0.4 is 20.7 Å².